The molecule has 0 atom stereocenters. The number of anilines is 1. The monoisotopic (exact) mass is 350 g/mol. The Bertz CT molecular complexity index is 958. The van der Waals surface area contributed by atoms with E-state index in [9.17, 15) is 4.79 Å². The van der Waals surface area contributed by atoms with E-state index in [1.54, 1.807) is 6.07 Å². The first kappa shape index (κ1) is 16.6. The van der Waals surface area contributed by atoms with E-state index < -0.39 is 0 Å². The van der Waals surface area contributed by atoms with Crippen molar-refractivity contribution in [1.82, 2.24) is 15.5 Å². The fourth-order valence-corrected chi connectivity index (χ4v) is 3.59. The van der Waals surface area contributed by atoms with Crippen LogP contribution in [0.5, 0.6) is 0 Å². The summed E-state index contributed by atoms with van der Waals surface area (Å²) in [4.78, 5) is 19.5. The smallest absolute Gasteiger partial charge is 0.258 e. The number of hydrogen-bond acceptors (Lipinski definition) is 5. The lowest BCUT2D eigenvalue weighted by molar-refractivity contribution is 0.0952. The summed E-state index contributed by atoms with van der Waals surface area (Å²) in [6.45, 7) is 6.31. The first-order valence-corrected chi connectivity index (χ1v) is 8.98. The number of benzene rings is 1. The summed E-state index contributed by atoms with van der Waals surface area (Å²) in [7, 11) is 0. The van der Waals surface area contributed by atoms with Gasteiger partial charge in [0.15, 0.2) is 0 Å². The molecular weight excluding hydrogens is 328 g/mol. The van der Waals surface area contributed by atoms with Gasteiger partial charge in [-0.15, -0.1) is 0 Å². The molecule has 1 aliphatic rings. The third-order valence-corrected chi connectivity index (χ3v) is 4.87. The van der Waals surface area contributed by atoms with Gasteiger partial charge in [-0.25, -0.2) is 4.98 Å². The van der Waals surface area contributed by atoms with Gasteiger partial charge in [-0.2, -0.15) is 0 Å². The molecule has 134 valence electrons. The molecule has 3 heterocycles. The molecule has 4 rings (SSSR count). The lowest BCUT2D eigenvalue weighted by Crippen LogP contribution is -2.26. The van der Waals surface area contributed by atoms with Crippen LogP contribution in [0.2, 0.25) is 0 Å². The highest BCUT2D eigenvalue weighted by atomic mass is 16.5. The first-order valence-electron chi connectivity index (χ1n) is 8.98. The predicted molar refractivity (Wildman–Crippen MR) is 100 cm³/mol. The van der Waals surface area contributed by atoms with Gasteiger partial charge in [0, 0.05) is 31.0 Å². The zero-order chi connectivity index (χ0) is 18.1. The Kier molecular flexibility index (Phi) is 4.32. The summed E-state index contributed by atoms with van der Waals surface area (Å²) in [5.74, 6) is -0.136. The molecule has 6 heteroatoms. The van der Waals surface area contributed by atoms with Gasteiger partial charge in [-0.1, -0.05) is 23.4 Å². The Labute approximate surface area is 152 Å². The van der Waals surface area contributed by atoms with E-state index in [1.807, 2.05) is 19.9 Å². The maximum atomic E-state index is 12.8. The average Bonchev–Trinajstić information content (AvgIpc) is 3.30. The van der Waals surface area contributed by atoms with Crippen LogP contribution in [0.3, 0.4) is 0 Å². The summed E-state index contributed by atoms with van der Waals surface area (Å²) in [5.41, 5.74) is 4.72. The molecule has 6 nitrogen and oxygen atoms in total. The van der Waals surface area contributed by atoms with Crippen LogP contribution in [0, 0.1) is 13.8 Å². The van der Waals surface area contributed by atoms with Gasteiger partial charge < -0.3 is 14.7 Å². The van der Waals surface area contributed by atoms with Crippen molar-refractivity contribution in [3.05, 3.63) is 52.8 Å². The summed E-state index contributed by atoms with van der Waals surface area (Å²) < 4.78 is 5.22. The van der Waals surface area contributed by atoms with Gasteiger partial charge in [-0.3, -0.25) is 4.79 Å². The highest BCUT2D eigenvalue weighted by Gasteiger charge is 2.19. The third-order valence-electron chi connectivity index (χ3n) is 4.87. The number of hydrogen-bond donors (Lipinski definition) is 1. The van der Waals surface area contributed by atoms with Crippen molar-refractivity contribution in [2.75, 3.05) is 18.0 Å². The Hall–Kier alpha value is -2.89. The van der Waals surface area contributed by atoms with Crippen molar-refractivity contribution in [1.29, 1.82) is 0 Å². The fourth-order valence-electron chi connectivity index (χ4n) is 3.59. The highest BCUT2D eigenvalue weighted by molar-refractivity contribution is 6.06. The number of nitrogens with zero attached hydrogens (tertiary/aromatic N) is 3. The number of aromatic nitrogens is 2. The SMILES string of the molecule is Cc1cc(C(=O)NCc2ccccc2N2CCCC2)c2c(C)noc2n1. The lowest BCUT2D eigenvalue weighted by atomic mass is 10.1. The molecule has 1 fully saturated rings. The number of carbonyl (C=O) groups is 1. The number of fused-ring (bicyclic) bond motifs is 1. The van der Waals surface area contributed by atoms with Gasteiger partial charge in [0.2, 0.25) is 0 Å². The van der Waals surface area contributed by atoms with Crippen LogP contribution in [-0.4, -0.2) is 29.1 Å². The maximum Gasteiger partial charge on any atom is 0.258 e. The van der Waals surface area contributed by atoms with Crippen molar-refractivity contribution < 1.29 is 9.32 Å². The number of rotatable bonds is 4. The van der Waals surface area contributed by atoms with Crippen molar-refractivity contribution >= 4 is 22.7 Å². The molecule has 1 amide bonds. The molecule has 1 aromatic carbocycles. The molecule has 0 saturated carbocycles. The number of nitrogens with one attached hydrogen (secondary N) is 1. The molecule has 0 unspecified atom stereocenters. The number of carbonyl (C=O) groups excluding carboxylic acids is 1. The number of pyridine rings is 1. The molecule has 2 aromatic heterocycles. The largest absolute Gasteiger partial charge is 0.371 e. The van der Waals surface area contributed by atoms with Crippen molar-refractivity contribution in [2.45, 2.75) is 33.2 Å². The van der Waals surface area contributed by atoms with E-state index >= 15 is 0 Å². The molecule has 0 bridgehead atoms. The van der Waals surface area contributed by atoms with E-state index in [0.717, 1.165) is 24.3 Å². The van der Waals surface area contributed by atoms with Crippen LogP contribution in [0.15, 0.2) is 34.9 Å². The predicted octanol–water partition coefficient (Wildman–Crippen LogP) is 3.37. The van der Waals surface area contributed by atoms with Gasteiger partial charge in [-0.05, 0) is 44.4 Å². The zero-order valence-electron chi connectivity index (χ0n) is 15.1. The van der Waals surface area contributed by atoms with E-state index in [2.05, 4.69) is 38.6 Å². The van der Waals surface area contributed by atoms with Gasteiger partial charge in [0.25, 0.3) is 11.6 Å². The van der Waals surface area contributed by atoms with Gasteiger partial charge in [0.05, 0.1) is 16.6 Å². The molecule has 3 aromatic rings. The van der Waals surface area contributed by atoms with Crippen molar-refractivity contribution in [3.63, 3.8) is 0 Å². The minimum Gasteiger partial charge on any atom is -0.371 e. The maximum absolute atomic E-state index is 12.8. The van der Waals surface area contributed by atoms with Gasteiger partial charge in [0.1, 0.15) is 0 Å². The average molecular weight is 350 g/mol. The van der Waals surface area contributed by atoms with Crippen LogP contribution >= 0.6 is 0 Å². The molecule has 1 saturated heterocycles. The zero-order valence-corrected chi connectivity index (χ0v) is 15.1. The van der Waals surface area contributed by atoms with E-state index in [1.165, 1.54) is 18.5 Å². The summed E-state index contributed by atoms with van der Waals surface area (Å²) in [6.07, 6.45) is 2.45. The first-order chi connectivity index (χ1) is 12.6. The minimum absolute atomic E-state index is 0.136. The summed E-state index contributed by atoms with van der Waals surface area (Å²) in [6, 6.07) is 10.1. The Morgan fingerprint density at radius 2 is 2.00 bits per heavy atom. The Balaban J connectivity index is 1.58. The summed E-state index contributed by atoms with van der Waals surface area (Å²) >= 11 is 0. The molecule has 1 aliphatic heterocycles. The number of amides is 1. The highest BCUT2D eigenvalue weighted by Crippen LogP contribution is 2.25. The quantitative estimate of drug-likeness (QED) is 0.781. The van der Waals surface area contributed by atoms with E-state index in [4.69, 9.17) is 4.52 Å². The standard InChI is InChI=1S/C20H22N4O2/c1-13-11-16(18-14(2)23-26-20(18)22-13)19(25)21-12-15-7-3-4-8-17(15)24-9-5-6-10-24/h3-4,7-8,11H,5-6,9-10,12H2,1-2H3,(H,21,25). The van der Waals surface area contributed by atoms with E-state index in [-0.39, 0.29) is 5.91 Å². The van der Waals surface area contributed by atoms with Crippen molar-refractivity contribution in [3.8, 4) is 0 Å². The molecule has 0 aliphatic carbocycles. The Morgan fingerprint density at radius 3 is 2.81 bits per heavy atom. The Morgan fingerprint density at radius 1 is 1.23 bits per heavy atom. The fraction of sp³-hybridized carbons (Fsp3) is 0.350. The second-order valence-electron chi connectivity index (χ2n) is 6.76. The van der Waals surface area contributed by atoms with Crippen LogP contribution in [0.25, 0.3) is 11.1 Å². The molecule has 0 radical (unpaired) electrons. The lowest BCUT2D eigenvalue weighted by Gasteiger charge is -2.21. The second-order valence-corrected chi connectivity index (χ2v) is 6.76. The molecule has 1 N–H and O–H groups in total. The van der Waals surface area contributed by atoms with Crippen LogP contribution < -0.4 is 10.2 Å². The molecule has 26 heavy (non-hydrogen) atoms. The minimum atomic E-state index is -0.136. The topological polar surface area (TPSA) is 71.3 Å². The van der Waals surface area contributed by atoms with E-state index in [0.29, 0.717) is 28.9 Å². The van der Waals surface area contributed by atoms with Gasteiger partial charge >= 0.3 is 0 Å². The number of para-hydroxylation sites is 1. The normalized spacial score (nSPS) is 14.2. The molecular formula is C20H22N4O2. The molecule has 0 spiro atoms. The second kappa shape index (κ2) is 6.78. The van der Waals surface area contributed by atoms with Crippen LogP contribution in [0.1, 0.15) is 40.2 Å². The van der Waals surface area contributed by atoms with Crippen LogP contribution in [0.4, 0.5) is 5.69 Å². The van der Waals surface area contributed by atoms with Crippen LogP contribution in [-0.2, 0) is 6.54 Å². The number of aryl methyl sites for hydroxylation is 2. The van der Waals surface area contributed by atoms with Crippen molar-refractivity contribution in [2.24, 2.45) is 0 Å². The third kappa shape index (κ3) is 3.03. The summed E-state index contributed by atoms with van der Waals surface area (Å²) in [5, 5.41) is 7.67.